The van der Waals surface area contributed by atoms with Crippen LogP contribution in [-0.4, -0.2) is 52.0 Å². The summed E-state index contributed by atoms with van der Waals surface area (Å²) >= 11 is 0. The van der Waals surface area contributed by atoms with Crippen molar-refractivity contribution in [1.29, 1.82) is 0 Å². The highest BCUT2D eigenvalue weighted by Crippen LogP contribution is 2.27. The molecule has 1 heterocycles. The van der Waals surface area contributed by atoms with Crippen LogP contribution in [0.1, 0.15) is 36.7 Å². The van der Waals surface area contributed by atoms with Crippen LogP contribution in [0.5, 0.6) is 5.75 Å². The molecule has 1 amide bonds. The Morgan fingerprint density at radius 1 is 1.36 bits per heavy atom. The third kappa shape index (κ3) is 3.85. The van der Waals surface area contributed by atoms with Crippen molar-refractivity contribution in [3.05, 3.63) is 42.2 Å². The van der Waals surface area contributed by atoms with Gasteiger partial charge in [-0.1, -0.05) is 24.6 Å². The second-order valence-corrected chi connectivity index (χ2v) is 6.50. The number of carbonyl (C=O) groups excluding carboxylic acids is 1. The average Bonchev–Trinajstić information content (AvgIpc) is 3.22. The van der Waals surface area contributed by atoms with E-state index >= 15 is 0 Å². The molecule has 1 aromatic heterocycles. The molecule has 6 nitrogen and oxygen atoms in total. The van der Waals surface area contributed by atoms with E-state index in [-0.39, 0.29) is 17.9 Å². The molecule has 1 saturated carbocycles. The molecule has 0 spiro atoms. The van der Waals surface area contributed by atoms with Gasteiger partial charge in [0.05, 0.1) is 24.6 Å². The topological polar surface area (TPSA) is 67.6 Å². The van der Waals surface area contributed by atoms with Gasteiger partial charge in [-0.15, -0.1) is 0 Å². The molecule has 25 heavy (non-hydrogen) atoms. The van der Waals surface area contributed by atoms with Gasteiger partial charge in [-0.3, -0.25) is 4.79 Å². The van der Waals surface area contributed by atoms with Gasteiger partial charge in [0.25, 0.3) is 5.91 Å². The van der Waals surface area contributed by atoms with Gasteiger partial charge in [-0.05, 0) is 31.9 Å². The first-order valence-corrected chi connectivity index (χ1v) is 8.81. The van der Waals surface area contributed by atoms with Crippen molar-refractivity contribution >= 4 is 5.91 Å². The van der Waals surface area contributed by atoms with Gasteiger partial charge < -0.3 is 14.7 Å². The third-order valence-corrected chi connectivity index (χ3v) is 4.68. The van der Waals surface area contributed by atoms with E-state index in [9.17, 15) is 9.90 Å². The molecule has 3 rings (SSSR count). The second kappa shape index (κ2) is 7.70. The van der Waals surface area contributed by atoms with Gasteiger partial charge >= 0.3 is 0 Å². The highest BCUT2D eigenvalue weighted by molar-refractivity contribution is 5.94. The zero-order valence-corrected chi connectivity index (χ0v) is 14.8. The number of aromatic nitrogens is 2. The van der Waals surface area contributed by atoms with Crippen molar-refractivity contribution in [3.63, 3.8) is 0 Å². The summed E-state index contributed by atoms with van der Waals surface area (Å²) in [6.45, 7) is 2.88. The van der Waals surface area contributed by atoms with Crippen LogP contribution in [0.4, 0.5) is 0 Å². The van der Waals surface area contributed by atoms with Crippen molar-refractivity contribution in [2.24, 2.45) is 5.92 Å². The quantitative estimate of drug-likeness (QED) is 0.875. The fourth-order valence-corrected chi connectivity index (χ4v) is 3.33. The number of rotatable bonds is 6. The summed E-state index contributed by atoms with van der Waals surface area (Å²) in [4.78, 5) is 14.5. The Labute approximate surface area is 148 Å². The van der Waals surface area contributed by atoms with Crippen molar-refractivity contribution in [2.75, 3.05) is 20.2 Å². The number of para-hydroxylation sites is 1. The predicted molar refractivity (Wildman–Crippen MR) is 95.0 cm³/mol. The van der Waals surface area contributed by atoms with Crippen molar-refractivity contribution in [3.8, 4) is 11.4 Å². The monoisotopic (exact) mass is 343 g/mol. The predicted octanol–water partition coefficient (Wildman–Crippen LogP) is 2.50. The zero-order chi connectivity index (χ0) is 17.8. The van der Waals surface area contributed by atoms with Crippen molar-refractivity contribution < 1.29 is 14.6 Å². The van der Waals surface area contributed by atoms with Crippen molar-refractivity contribution in [2.45, 2.75) is 32.3 Å². The molecule has 1 aliphatic carbocycles. The Bertz CT molecular complexity index is 714. The molecule has 2 atom stereocenters. The molecule has 0 aliphatic heterocycles. The van der Waals surface area contributed by atoms with E-state index in [4.69, 9.17) is 4.74 Å². The summed E-state index contributed by atoms with van der Waals surface area (Å²) in [5.41, 5.74) is 1.18. The summed E-state index contributed by atoms with van der Waals surface area (Å²) in [5, 5.41) is 14.5. The minimum absolute atomic E-state index is 0.140. The van der Waals surface area contributed by atoms with Gasteiger partial charge in [0.1, 0.15) is 0 Å². The number of aliphatic hydroxyl groups is 1. The Kier molecular flexibility index (Phi) is 5.38. The lowest BCUT2D eigenvalue weighted by Crippen LogP contribution is -2.35. The number of carbonyl (C=O) groups is 1. The molecule has 134 valence electrons. The first-order chi connectivity index (χ1) is 12.1. The standard InChI is InChI=1S/C19H25N3O3/c1-3-25-17-13-22(15-9-5-4-6-10-15)20-18(17)19(24)21(2)12-14-8-7-11-16(14)23/h4-6,9-10,13-14,16,23H,3,7-8,11-12H2,1-2H3. The van der Waals surface area contributed by atoms with Crippen molar-refractivity contribution in [1.82, 2.24) is 14.7 Å². The summed E-state index contributed by atoms with van der Waals surface area (Å²) < 4.78 is 7.28. The Morgan fingerprint density at radius 2 is 2.12 bits per heavy atom. The molecule has 0 radical (unpaired) electrons. The zero-order valence-electron chi connectivity index (χ0n) is 14.8. The second-order valence-electron chi connectivity index (χ2n) is 6.50. The smallest absolute Gasteiger partial charge is 0.278 e. The van der Waals surface area contributed by atoms with Crippen LogP contribution in [0.15, 0.2) is 36.5 Å². The van der Waals surface area contributed by atoms with Gasteiger partial charge in [0, 0.05) is 19.5 Å². The van der Waals surface area contributed by atoms with Crippen LogP contribution < -0.4 is 4.74 Å². The van der Waals surface area contributed by atoms with E-state index in [1.165, 1.54) is 0 Å². The largest absolute Gasteiger partial charge is 0.490 e. The van der Waals surface area contributed by atoms with Gasteiger partial charge in [-0.25, -0.2) is 4.68 Å². The molecule has 1 aromatic carbocycles. The molecule has 1 N–H and O–H groups in total. The molecule has 2 unspecified atom stereocenters. The first kappa shape index (κ1) is 17.5. The van der Waals surface area contributed by atoms with Crippen LogP contribution >= 0.6 is 0 Å². The fourth-order valence-electron chi connectivity index (χ4n) is 3.33. The Morgan fingerprint density at radius 3 is 2.76 bits per heavy atom. The van der Waals surface area contributed by atoms with Crippen LogP contribution in [0.25, 0.3) is 5.69 Å². The average molecular weight is 343 g/mol. The first-order valence-electron chi connectivity index (χ1n) is 8.81. The SMILES string of the molecule is CCOc1cn(-c2ccccc2)nc1C(=O)N(C)CC1CCCC1O. The van der Waals surface area contributed by atoms with E-state index in [0.29, 0.717) is 24.6 Å². The maximum absolute atomic E-state index is 12.9. The summed E-state index contributed by atoms with van der Waals surface area (Å²) in [6, 6.07) is 9.63. The number of hydrogen-bond acceptors (Lipinski definition) is 4. The van der Waals surface area contributed by atoms with Gasteiger partial charge in [-0.2, -0.15) is 5.10 Å². The van der Waals surface area contributed by atoms with Gasteiger partial charge in [0.2, 0.25) is 0 Å². The molecular weight excluding hydrogens is 318 g/mol. The number of ether oxygens (including phenoxy) is 1. The number of benzene rings is 1. The van der Waals surface area contributed by atoms with Crippen LogP contribution in [-0.2, 0) is 0 Å². The number of hydrogen-bond donors (Lipinski definition) is 1. The highest BCUT2D eigenvalue weighted by atomic mass is 16.5. The number of nitrogens with zero attached hydrogens (tertiary/aromatic N) is 3. The van der Waals surface area contributed by atoms with E-state index < -0.39 is 0 Å². The minimum Gasteiger partial charge on any atom is -0.490 e. The third-order valence-electron chi connectivity index (χ3n) is 4.68. The lowest BCUT2D eigenvalue weighted by Gasteiger charge is -2.22. The minimum atomic E-state index is -0.316. The maximum Gasteiger partial charge on any atom is 0.278 e. The summed E-state index contributed by atoms with van der Waals surface area (Å²) in [6.07, 6.45) is 4.21. The lowest BCUT2D eigenvalue weighted by molar-refractivity contribution is 0.0684. The van der Waals surface area contributed by atoms with Crippen LogP contribution in [0.3, 0.4) is 0 Å². The lowest BCUT2D eigenvalue weighted by atomic mass is 10.1. The van der Waals surface area contributed by atoms with E-state index in [1.54, 1.807) is 22.8 Å². The molecule has 1 fully saturated rings. The normalized spacial score (nSPS) is 19.8. The van der Waals surface area contributed by atoms with E-state index in [2.05, 4.69) is 5.10 Å². The summed E-state index contributed by atoms with van der Waals surface area (Å²) in [7, 11) is 1.75. The van der Waals surface area contributed by atoms with Crippen LogP contribution in [0, 0.1) is 5.92 Å². The molecule has 2 aromatic rings. The Hall–Kier alpha value is -2.34. The summed E-state index contributed by atoms with van der Waals surface area (Å²) in [5.74, 6) is 0.438. The van der Waals surface area contributed by atoms with Crippen LogP contribution in [0.2, 0.25) is 0 Å². The molecule has 6 heteroatoms. The number of aliphatic hydroxyl groups excluding tert-OH is 1. The highest BCUT2D eigenvalue weighted by Gasteiger charge is 2.29. The number of amides is 1. The fraction of sp³-hybridized carbons (Fsp3) is 0.474. The van der Waals surface area contributed by atoms with E-state index in [1.807, 2.05) is 37.3 Å². The molecule has 0 bridgehead atoms. The molecule has 0 saturated heterocycles. The maximum atomic E-state index is 12.9. The molecule has 1 aliphatic rings. The Balaban J connectivity index is 1.81. The van der Waals surface area contributed by atoms with E-state index in [0.717, 1.165) is 24.9 Å². The van der Waals surface area contributed by atoms with Gasteiger partial charge in [0.15, 0.2) is 11.4 Å². The molecular formula is C19H25N3O3.